The first-order valence-corrected chi connectivity index (χ1v) is 10.9. The van der Waals surface area contributed by atoms with Crippen LogP contribution in [-0.2, 0) is 12.8 Å². The second-order valence-corrected chi connectivity index (χ2v) is 7.76. The molecule has 0 saturated carbocycles. The molecule has 0 unspecified atom stereocenters. The second kappa shape index (κ2) is 10.5. The lowest BCUT2D eigenvalue weighted by molar-refractivity contribution is -0.384. The van der Waals surface area contributed by atoms with Gasteiger partial charge < -0.3 is 10.6 Å². The van der Waals surface area contributed by atoms with Crippen molar-refractivity contribution in [3.05, 3.63) is 111 Å². The molecule has 0 spiro atoms. The number of anilines is 1. The minimum Gasteiger partial charge on any atom is -0.364 e. The first kappa shape index (κ1) is 22.8. The summed E-state index contributed by atoms with van der Waals surface area (Å²) in [5, 5.41) is 17.9. The molecule has 4 rings (SSSR count). The van der Waals surface area contributed by atoms with Crippen molar-refractivity contribution >= 4 is 28.3 Å². The number of halogens is 1. The van der Waals surface area contributed by atoms with E-state index in [-0.39, 0.29) is 23.3 Å². The fourth-order valence-electron chi connectivity index (χ4n) is 3.78. The Hall–Kier alpha value is -4.33. The van der Waals surface area contributed by atoms with Crippen LogP contribution in [0.2, 0.25) is 0 Å². The topological polar surface area (TPSA) is 97.2 Å². The van der Waals surface area contributed by atoms with Crippen LogP contribution in [0.25, 0.3) is 10.9 Å². The molecule has 172 valence electrons. The third-order valence-electron chi connectivity index (χ3n) is 5.42. The molecule has 0 bridgehead atoms. The molecule has 0 saturated heterocycles. The number of hydrogen-bond donors (Lipinski definition) is 2. The number of nitrogens with one attached hydrogen (secondary N) is 2. The first-order chi connectivity index (χ1) is 16.5. The van der Waals surface area contributed by atoms with Gasteiger partial charge in [0.15, 0.2) is 0 Å². The largest absolute Gasteiger partial charge is 0.364 e. The molecule has 0 atom stereocenters. The molecule has 4 aromatic rings. The summed E-state index contributed by atoms with van der Waals surface area (Å²) in [5.41, 5.74) is 1.70. The van der Waals surface area contributed by atoms with Crippen molar-refractivity contribution in [3.8, 4) is 0 Å². The molecular weight excluding hydrogens is 435 g/mol. The van der Waals surface area contributed by atoms with E-state index in [4.69, 9.17) is 0 Å². The maximum atomic E-state index is 14.0. The van der Waals surface area contributed by atoms with Gasteiger partial charge in [-0.05, 0) is 42.2 Å². The molecule has 7 nitrogen and oxygen atoms in total. The van der Waals surface area contributed by atoms with Crippen LogP contribution in [0.1, 0.15) is 21.5 Å². The summed E-state index contributed by atoms with van der Waals surface area (Å²) in [6.07, 6.45) is 1.17. The number of pyridine rings is 1. The van der Waals surface area contributed by atoms with Crippen molar-refractivity contribution in [2.75, 3.05) is 18.4 Å². The van der Waals surface area contributed by atoms with Gasteiger partial charge >= 0.3 is 5.69 Å². The zero-order valence-corrected chi connectivity index (χ0v) is 18.3. The van der Waals surface area contributed by atoms with E-state index in [0.717, 1.165) is 17.2 Å². The molecule has 2 N–H and O–H groups in total. The number of nitro groups is 1. The molecular formula is C26H23FN4O3. The summed E-state index contributed by atoms with van der Waals surface area (Å²) in [5.74, 6) is -1.27. The number of carbonyl (C=O) groups excluding carboxylic acids is 1. The molecule has 0 aliphatic heterocycles. The molecule has 1 aromatic heterocycles. The van der Waals surface area contributed by atoms with E-state index >= 15 is 0 Å². The lowest BCUT2D eigenvalue weighted by Crippen LogP contribution is -2.27. The minimum absolute atomic E-state index is 0.0201. The van der Waals surface area contributed by atoms with E-state index in [0.29, 0.717) is 24.9 Å². The Morgan fingerprint density at radius 1 is 0.912 bits per heavy atom. The van der Waals surface area contributed by atoms with Crippen molar-refractivity contribution < 1.29 is 14.1 Å². The Labute approximate surface area is 195 Å². The monoisotopic (exact) mass is 458 g/mol. The van der Waals surface area contributed by atoms with Gasteiger partial charge in [-0.1, -0.05) is 60.7 Å². The van der Waals surface area contributed by atoms with Crippen molar-refractivity contribution in [1.29, 1.82) is 0 Å². The maximum absolute atomic E-state index is 14.0. The number of fused-ring (bicyclic) bond motifs is 1. The molecule has 8 heteroatoms. The lowest BCUT2D eigenvalue weighted by atomic mass is 10.0. The molecule has 0 aliphatic carbocycles. The number of amides is 1. The van der Waals surface area contributed by atoms with Crippen molar-refractivity contribution in [2.24, 2.45) is 0 Å². The Bertz CT molecular complexity index is 1310. The average Bonchev–Trinajstić information content (AvgIpc) is 2.84. The highest BCUT2D eigenvalue weighted by Crippen LogP contribution is 2.33. The second-order valence-electron chi connectivity index (χ2n) is 7.76. The van der Waals surface area contributed by atoms with Crippen LogP contribution in [0.15, 0.2) is 78.9 Å². The average molecular weight is 458 g/mol. The molecule has 0 radical (unpaired) electrons. The number of carbonyl (C=O) groups is 1. The van der Waals surface area contributed by atoms with Crippen LogP contribution in [0.4, 0.5) is 15.9 Å². The first-order valence-electron chi connectivity index (χ1n) is 10.9. The van der Waals surface area contributed by atoms with E-state index < -0.39 is 22.3 Å². The molecule has 0 aliphatic rings. The summed E-state index contributed by atoms with van der Waals surface area (Å²) in [6.45, 7) is 0.648. The molecule has 1 amide bonds. The molecule has 1 heterocycles. The van der Waals surface area contributed by atoms with Gasteiger partial charge in [0.2, 0.25) is 5.82 Å². The van der Waals surface area contributed by atoms with Crippen LogP contribution in [-0.4, -0.2) is 28.9 Å². The van der Waals surface area contributed by atoms with Gasteiger partial charge in [0.1, 0.15) is 11.4 Å². The predicted molar refractivity (Wildman–Crippen MR) is 129 cm³/mol. The fourth-order valence-corrected chi connectivity index (χ4v) is 3.78. The lowest BCUT2D eigenvalue weighted by Gasteiger charge is -2.13. The van der Waals surface area contributed by atoms with Gasteiger partial charge in [0, 0.05) is 18.5 Å². The van der Waals surface area contributed by atoms with E-state index in [1.165, 1.54) is 12.1 Å². The maximum Gasteiger partial charge on any atom is 0.324 e. The summed E-state index contributed by atoms with van der Waals surface area (Å²) >= 11 is 0. The highest BCUT2D eigenvalue weighted by atomic mass is 19.1. The fraction of sp³-hybridized carbons (Fsp3) is 0.154. The van der Waals surface area contributed by atoms with Crippen LogP contribution in [0.3, 0.4) is 0 Å². The molecule has 34 heavy (non-hydrogen) atoms. The number of aromatic nitrogens is 1. The number of nitrogens with zero attached hydrogens (tertiary/aromatic N) is 2. The van der Waals surface area contributed by atoms with Gasteiger partial charge in [0.05, 0.1) is 10.4 Å². The van der Waals surface area contributed by atoms with Gasteiger partial charge in [-0.25, -0.2) is 9.37 Å². The summed E-state index contributed by atoms with van der Waals surface area (Å²) < 4.78 is 14.0. The van der Waals surface area contributed by atoms with Crippen molar-refractivity contribution in [1.82, 2.24) is 10.3 Å². The molecule has 0 fully saturated rings. The van der Waals surface area contributed by atoms with Gasteiger partial charge in [-0.3, -0.25) is 14.9 Å². The standard InChI is InChI=1S/C26H23FN4O3/c27-20-11-12-22-21(17-20)23(26(32)29-16-14-19-9-5-2-6-10-19)24(31(33)34)25(30-22)28-15-13-18-7-3-1-4-8-18/h1-12,17H,13-16H2,(H,28,30)(H,29,32). The molecule has 3 aromatic carbocycles. The summed E-state index contributed by atoms with van der Waals surface area (Å²) in [7, 11) is 0. The predicted octanol–water partition coefficient (Wildman–Crippen LogP) is 4.91. The zero-order chi connectivity index (χ0) is 23.9. The van der Waals surface area contributed by atoms with E-state index in [1.807, 2.05) is 60.7 Å². The highest BCUT2D eigenvalue weighted by Gasteiger charge is 2.29. The third-order valence-corrected chi connectivity index (χ3v) is 5.42. The summed E-state index contributed by atoms with van der Waals surface area (Å²) in [4.78, 5) is 28.9. The van der Waals surface area contributed by atoms with Crippen LogP contribution in [0, 0.1) is 15.9 Å². The smallest absolute Gasteiger partial charge is 0.324 e. The Balaban J connectivity index is 1.64. The van der Waals surface area contributed by atoms with E-state index in [1.54, 1.807) is 0 Å². The van der Waals surface area contributed by atoms with Gasteiger partial charge in [-0.15, -0.1) is 0 Å². The van der Waals surface area contributed by atoms with Crippen molar-refractivity contribution in [3.63, 3.8) is 0 Å². The summed E-state index contributed by atoms with van der Waals surface area (Å²) in [6, 6.07) is 22.9. The van der Waals surface area contributed by atoms with E-state index in [9.17, 15) is 19.3 Å². The third kappa shape index (κ3) is 5.35. The van der Waals surface area contributed by atoms with Gasteiger partial charge in [-0.2, -0.15) is 0 Å². The Kier molecular flexibility index (Phi) is 7.07. The van der Waals surface area contributed by atoms with Crippen molar-refractivity contribution in [2.45, 2.75) is 12.8 Å². The van der Waals surface area contributed by atoms with Crippen LogP contribution in [0.5, 0.6) is 0 Å². The van der Waals surface area contributed by atoms with E-state index in [2.05, 4.69) is 15.6 Å². The SMILES string of the molecule is O=C(NCCc1ccccc1)c1c([N+](=O)[O-])c(NCCc2ccccc2)nc2ccc(F)cc12. The number of benzene rings is 3. The Morgan fingerprint density at radius 3 is 2.15 bits per heavy atom. The quantitative estimate of drug-likeness (QED) is 0.274. The Morgan fingerprint density at radius 2 is 1.53 bits per heavy atom. The van der Waals surface area contributed by atoms with Gasteiger partial charge in [0.25, 0.3) is 5.91 Å². The number of hydrogen-bond acceptors (Lipinski definition) is 5. The number of rotatable bonds is 9. The minimum atomic E-state index is -0.647. The highest BCUT2D eigenvalue weighted by molar-refractivity contribution is 6.11. The zero-order valence-electron chi connectivity index (χ0n) is 18.3. The van der Waals surface area contributed by atoms with Crippen LogP contribution >= 0.6 is 0 Å². The van der Waals surface area contributed by atoms with Crippen LogP contribution < -0.4 is 10.6 Å². The normalized spacial score (nSPS) is 10.7.